The van der Waals surface area contributed by atoms with E-state index in [0.717, 1.165) is 27.7 Å². The number of para-hydroxylation sites is 1. The van der Waals surface area contributed by atoms with Crippen LogP contribution in [0, 0.1) is 19.7 Å². The van der Waals surface area contributed by atoms with E-state index >= 15 is 0 Å². The van der Waals surface area contributed by atoms with Gasteiger partial charge in [0.25, 0.3) is 0 Å². The van der Waals surface area contributed by atoms with Crippen LogP contribution in [0.15, 0.2) is 42.5 Å². The first-order valence-electron chi connectivity index (χ1n) is 7.17. The first-order chi connectivity index (χ1) is 10.5. The van der Waals surface area contributed by atoms with Gasteiger partial charge < -0.3 is 10.3 Å². The molecule has 0 spiro atoms. The molecule has 0 unspecified atom stereocenters. The number of nitrogens with one attached hydrogen (secondary N) is 2. The molecule has 112 valence electrons. The number of hydrogen-bond acceptors (Lipinski definition) is 1. The van der Waals surface area contributed by atoms with Gasteiger partial charge in [-0.05, 0) is 43.2 Å². The highest BCUT2D eigenvalue weighted by Gasteiger charge is 2.13. The maximum Gasteiger partial charge on any atom is 0.228 e. The molecule has 0 aliphatic carbocycles. The van der Waals surface area contributed by atoms with Gasteiger partial charge in [-0.2, -0.15) is 0 Å². The second-order valence-electron chi connectivity index (χ2n) is 5.48. The Morgan fingerprint density at radius 1 is 1.18 bits per heavy atom. The lowest BCUT2D eigenvalue weighted by Crippen LogP contribution is -2.15. The summed E-state index contributed by atoms with van der Waals surface area (Å²) in [6.07, 6.45) is 0.212. The predicted molar refractivity (Wildman–Crippen MR) is 86.5 cm³/mol. The zero-order valence-electron chi connectivity index (χ0n) is 12.5. The van der Waals surface area contributed by atoms with Crippen molar-refractivity contribution in [1.29, 1.82) is 0 Å². The van der Waals surface area contributed by atoms with Crippen LogP contribution in [0.25, 0.3) is 10.9 Å². The van der Waals surface area contributed by atoms with Crippen molar-refractivity contribution in [2.24, 2.45) is 0 Å². The summed E-state index contributed by atoms with van der Waals surface area (Å²) in [6, 6.07) is 12.5. The number of aromatic amines is 1. The fraction of sp³-hybridized carbons (Fsp3) is 0.167. The third-order valence-corrected chi connectivity index (χ3v) is 3.76. The molecular formula is C18H17FN2O. The minimum atomic E-state index is -0.422. The van der Waals surface area contributed by atoms with Crippen LogP contribution in [0.1, 0.15) is 16.8 Å². The van der Waals surface area contributed by atoms with Crippen molar-refractivity contribution < 1.29 is 9.18 Å². The lowest BCUT2D eigenvalue weighted by Gasteiger charge is -2.07. The number of fused-ring (bicyclic) bond motifs is 1. The molecule has 4 heteroatoms. The second kappa shape index (κ2) is 5.64. The highest BCUT2D eigenvalue weighted by atomic mass is 19.1. The van der Waals surface area contributed by atoms with Gasteiger partial charge in [-0.3, -0.25) is 4.79 Å². The summed E-state index contributed by atoms with van der Waals surface area (Å²) in [7, 11) is 0. The molecule has 0 saturated carbocycles. The lowest BCUT2D eigenvalue weighted by atomic mass is 10.1. The van der Waals surface area contributed by atoms with Gasteiger partial charge in [-0.15, -0.1) is 0 Å². The molecule has 1 heterocycles. The maximum atomic E-state index is 13.7. The predicted octanol–water partition coefficient (Wildman–Crippen LogP) is 4.11. The molecule has 3 aromatic rings. The van der Waals surface area contributed by atoms with E-state index in [9.17, 15) is 9.18 Å². The Kier molecular flexibility index (Phi) is 3.67. The van der Waals surface area contributed by atoms with Crippen LogP contribution in [-0.4, -0.2) is 10.9 Å². The van der Waals surface area contributed by atoms with E-state index in [1.54, 1.807) is 12.1 Å². The molecule has 1 aromatic heterocycles. The van der Waals surface area contributed by atoms with Crippen LogP contribution in [0.5, 0.6) is 0 Å². The number of amides is 1. The van der Waals surface area contributed by atoms with Crippen LogP contribution in [0.2, 0.25) is 0 Å². The van der Waals surface area contributed by atoms with Gasteiger partial charge in [0.15, 0.2) is 0 Å². The summed E-state index contributed by atoms with van der Waals surface area (Å²) in [6.45, 7) is 3.80. The smallest absolute Gasteiger partial charge is 0.228 e. The fourth-order valence-corrected chi connectivity index (χ4v) is 2.65. The molecule has 0 bridgehead atoms. The standard InChI is InChI=1S/C18H17FN2O/c1-11-7-8-15(19)17(9-11)21-18(22)10-14-12(2)20-16-6-4-3-5-13(14)16/h3-9,20H,10H2,1-2H3,(H,21,22). The number of carbonyl (C=O) groups is 1. The van der Waals surface area contributed by atoms with Gasteiger partial charge in [0.1, 0.15) is 5.82 Å². The van der Waals surface area contributed by atoms with Gasteiger partial charge in [0.2, 0.25) is 5.91 Å². The molecule has 0 saturated heterocycles. The van der Waals surface area contributed by atoms with E-state index in [1.807, 2.05) is 38.1 Å². The summed E-state index contributed by atoms with van der Waals surface area (Å²) < 4.78 is 13.7. The molecule has 0 aliphatic heterocycles. The zero-order valence-corrected chi connectivity index (χ0v) is 12.5. The summed E-state index contributed by atoms with van der Waals surface area (Å²) in [4.78, 5) is 15.5. The number of anilines is 1. The molecule has 0 fully saturated rings. The van der Waals surface area contributed by atoms with Gasteiger partial charge in [-0.1, -0.05) is 24.3 Å². The SMILES string of the molecule is Cc1ccc(F)c(NC(=O)Cc2c(C)[nH]c3ccccc23)c1. The van der Waals surface area contributed by atoms with Gasteiger partial charge >= 0.3 is 0 Å². The number of halogens is 1. The minimum absolute atomic E-state index is 0.212. The highest BCUT2D eigenvalue weighted by molar-refractivity contribution is 5.96. The number of carbonyl (C=O) groups excluding carboxylic acids is 1. The van der Waals surface area contributed by atoms with Crippen molar-refractivity contribution in [3.8, 4) is 0 Å². The maximum absolute atomic E-state index is 13.7. The molecule has 3 rings (SSSR count). The molecule has 2 aromatic carbocycles. The number of hydrogen-bond donors (Lipinski definition) is 2. The Morgan fingerprint density at radius 3 is 2.77 bits per heavy atom. The summed E-state index contributed by atoms with van der Waals surface area (Å²) in [5.74, 6) is -0.646. The average molecular weight is 296 g/mol. The van der Waals surface area contributed by atoms with Crippen molar-refractivity contribution in [3.63, 3.8) is 0 Å². The normalized spacial score (nSPS) is 10.9. The van der Waals surface area contributed by atoms with Crippen LogP contribution in [0.3, 0.4) is 0 Å². The van der Waals surface area contributed by atoms with Crippen molar-refractivity contribution in [3.05, 3.63) is 65.1 Å². The Balaban J connectivity index is 1.84. The van der Waals surface area contributed by atoms with Gasteiger partial charge in [-0.25, -0.2) is 4.39 Å². The van der Waals surface area contributed by atoms with Crippen LogP contribution in [0.4, 0.5) is 10.1 Å². The van der Waals surface area contributed by atoms with E-state index in [1.165, 1.54) is 6.07 Å². The third kappa shape index (κ3) is 2.72. The highest BCUT2D eigenvalue weighted by Crippen LogP contribution is 2.23. The number of benzene rings is 2. The van der Waals surface area contributed by atoms with E-state index < -0.39 is 5.82 Å². The third-order valence-electron chi connectivity index (χ3n) is 3.76. The first-order valence-corrected chi connectivity index (χ1v) is 7.17. The number of aromatic nitrogens is 1. The monoisotopic (exact) mass is 296 g/mol. The molecule has 0 atom stereocenters. The molecule has 1 amide bonds. The zero-order chi connectivity index (χ0) is 15.7. The molecule has 22 heavy (non-hydrogen) atoms. The van der Waals surface area contributed by atoms with Crippen molar-refractivity contribution in [1.82, 2.24) is 4.98 Å². The second-order valence-corrected chi connectivity index (χ2v) is 5.48. The van der Waals surface area contributed by atoms with Crippen LogP contribution < -0.4 is 5.32 Å². The molecular weight excluding hydrogens is 279 g/mol. The van der Waals surface area contributed by atoms with E-state index in [2.05, 4.69) is 10.3 Å². The summed E-state index contributed by atoms with van der Waals surface area (Å²) in [5, 5.41) is 3.68. The fourth-order valence-electron chi connectivity index (χ4n) is 2.65. The lowest BCUT2D eigenvalue weighted by molar-refractivity contribution is -0.115. The van der Waals surface area contributed by atoms with Crippen LogP contribution in [-0.2, 0) is 11.2 Å². The van der Waals surface area contributed by atoms with E-state index in [4.69, 9.17) is 0 Å². The Labute approximate surface area is 128 Å². The summed E-state index contributed by atoms with van der Waals surface area (Å²) >= 11 is 0. The van der Waals surface area contributed by atoms with Crippen molar-refractivity contribution in [2.45, 2.75) is 20.3 Å². The van der Waals surface area contributed by atoms with Crippen molar-refractivity contribution in [2.75, 3.05) is 5.32 Å². The molecule has 0 aliphatic rings. The van der Waals surface area contributed by atoms with Crippen LogP contribution >= 0.6 is 0 Å². The Bertz CT molecular complexity index is 851. The number of rotatable bonds is 3. The Morgan fingerprint density at radius 2 is 1.95 bits per heavy atom. The number of aryl methyl sites for hydroxylation is 2. The Hall–Kier alpha value is -2.62. The van der Waals surface area contributed by atoms with Gasteiger partial charge in [0.05, 0.1) is 12.1 Å². The topological polar surface area (TPSA) is 44.9 Å². The first kappa shape index (κ1) is 14.3. The minimum Gasteiger partial charge on any atom is -0.358 e. The van der Waals surface area contributed by atoms with E-state index in [-0.39, 0.29) is 18.0 Å². The van der Waals surface area contributed by atoms with E-state index in [0.29, 0.717) is 0 Å². The quantitative estimate of drug-likeness (QED) is 0.750. The van der Waals surface area contributed by atoms with Gasteiger partial charge in [0, 0.05) is 16.6 Å². The van der Waals surface area contributed by atoms with Crippen molar-refractivity contribution >= 4 is 22.5 Å². The molecule has 0 radical (unpaired) electrons. The number of H-pyrrole nitrogens is 1. The average Bonchev–Trinajstić information content (AvgIpc) is 2.79. The largest absolute Gasteiger partial charge is 0.358 e. The molecule has 2 N–H and O–H groups in total. The summed E-state index contributed by atoms with van der Waals surface area (Å²) in [5.41, 5.74) is 4.04. The molecule has 3 nitrogen and oxygen atoms in total.